The molecular weight excluding hydrogens is 290 g/mol. The van der Waals surface area contributed by atoms with Gasteiger partial charge in [0.2, 0.25) is 0 Å². The van der Waals surface area contributed by atoms with Crippen LogP contribution >= 0.6 is 11.6 Å². The van der Waals surface area contributed by atoms with Crippen molar-refractivity contribution < 1.29 is 14.3 Å². The van der Waals surface area contributed by atoms with E-state index in [0.29, 0.717) is 18.1 Å². The Bertz CT molecular complexity index is 569. The number of ether oxygens (including phenoxy) is 2. The number of fused-ring (bicyclic) bond motifs is 1. The second-order valence-corrected chi connectivity index (χ2v) is 7.12. The molecule has 0 spiro atoms. The number of likely N-dealkylation sites (tertiary alicyclic amines) is 1. The normalized spacial score (nSPS) is 28.0. The second-order valence-electron chi connectivity index (χ2n) is 6.68. The van der Waals surface area contributed by atoms with Gasteiger partial charge in [-0.25, -0.2) is 4.79 Å². The Morgan fingerprint density at radius 3 is 2.86 bits per heavy atom. The summed E-state index contributed by atoms with van der Waals surface area (Å²) >= 11 is 6.06. The SMILES string of the molecule is CC(C)(C)OC(=O)N1CC[C@]2(c3cccc(Cl)c3)O[C@H]2C1. The van der Waals surface area contributed by atoms with Crippen LogP contribution in [0.5, 0.6) is 0 Å². The lowest BCUT2D eigenvalue weighted by Crippen LogP contribution is -2.44. The molecule has 3 rings (SSSR count). The number of amides is 1. The number of epoxide rings is 1. The number of nitrogens with zero attached hydrogens (tertiary/aromatic N) is 1. The minimum atomic E-state index is -0.469. The Balaban J connectivity index is 1.67. The summed E-state index contributed by atoms with van der Waals surface area (Å²) in [6.07, 6.45) is 0.548. The maximum Gasteiger partial charge on any atom is 0.410 e. The molecule has 4 nitrogen and oxygen atoms in total. The molecule has 2 saturated heterocycles. The quantitative estimate of drug-likeness (QED) is 0.745. The average molecular weight is 310 g/mol. The first kappa shape index (κ1) is 14.7. The Labute approximate surface area is 130 Å². The van der Waals surface area contributed by atoms with Gasteiger partial charge >= 0.3 is 6.09 Å². The number of hydrogen-bond donors (Lipinski definition) is 0. The van der Waals surface area contributed by atoms with E-state index >= 15 is 0 Å². The molecule has 0 unspecified atom stereocenters. The lowest BCUT2D eigenvalue weighted by molar-refractivity contribution is 0.0217. The summed E-state index contributed by atoms with van der Waals surface area (Å²) in [4.78, 5) is 13.8. The zero-order chi connectivity index (χ0) is 15.3. The molecule has 5 heteroatoms. The monoisotopic (exact) mass is 309 g/mol. The highest BCUT2D eigenvalue weighted by Gasteiger charge is 2.60. The molecule has 1 aromatic carbocycles. The van der Waals surface area contributed by atoms with Crippen molar-refractivity contribution in [3.8, 4) is 0 Å². The number of halogens is 1. The van der Waals surface area contributed by atoms with Crippen molar-refractivity contribution in [1.29, 1.82) is 0 Å². The third-order valence-electron chi connectivity index (χ3n) is 3.92. The third-order valence-corrected chi connectivity index (χ3v) is 4.15. The van der Waals surface area contributed by atoms with E-state index in [1.54, 1.807) is 4.90 Å². The first-order valence-electron chi connectivity index (χ1n) is 7.22. The van der Waals surface area contributed by atoms with E-state index in [2.05, 4.69) is 0 Å². The van der Waals surface area contributed by atoms with Crippen LogP contribution in [0.4, 0.5) is 4.79 Å². The van der Waals surface area contributed by atoms with Crippen LogP contribution in [0.15, 0.2) is 24.3 Å². The summed E-state index contributed by atoms with van der Waals surface area (Å²) in [5, 5.41) is 0.714. The topological polar surface area (TPSA) is 42.1 Å². The Morgan fingerprint density at radius 1 is 1.48 bits per heavy atom. The number of hydrogen-bond acceptors (Lipinski definition) is 3. The van der Waals surface area contributed by atoms with Crippen molar-refractivity contribution >= 4 is 17.7 Å². The molecule has 1 aromatic rings. The van der Waals surface area contributed by atoms with Gasteiger partial charge in [0.1, 0.15) is 17.3 Å². The smallest absolute Gasteiger partial charge is 0.410 e. The summed E-state index contributed by atoms with van der Waals surface area (Å²) < 4.78 is 11.3. The minimum Gasteiger partial charge on any atom is -0.444 e. The van der Waals surface area contributed by atoms with Crippen LogP contribution < -0.4 is 0 Å². The fourth-order valence-corrected chi connectivity index (χ4v) is 3.05. The fourth-order valence-electron chi connectivity index (χ4n) is 2.86. The van der Waals surface area contributed by atoms with E-state index in [0.717, 1.165) is 12.0 Å². The second kappa shape index (κ2) is 4.89. The van der Waals surface area contributed by atoms with E-state index in [9.17, 15) is 4.79 Å². The van der Waals surface area contributed by atoms with Gasteiger partial charge in [0.25, 0.3) is 0 Å². The molecule has 114 valence electrons. The van der Waals surface area contributed by atoms with Gasteiger partial charge in [0.05, 0.1) is 6.54 Å². The molecule has 2 aliphatic rings. The van der Waals surface area contributed by atoms with Crippen molar-refractivity contribution in [2.24, 2.45) is 0 Å². The predicted molar refractivity (Wildman–Crippen MR) is 80.4 cm³/mol. The van der Waals surface area contributed by atoms with E-state index < -0.39 is 5.60 Å². The molecule has 2 aliphatic heterocycles. The van der Waals surface area contributed by atoms with Gasteiger partial charge in [-0.05, 0) is 38.5 Å². The summed E-state index contributed by atoms with van der Waals surface area (Å²) in [6, 6.07) is 7.78. The predicted octanol–water partition coefficient (Wildman–Crippen LogP) is 3.57. The van der Waals surface area contributed by atoms with Gasteiger partial charge in [-0.3, -0.25) is 0 Å². The van der Waals surface area contributed by atoms with Crippen LogP contribution in [0.25, 0.3) is 0 Å². The number of carbonyl (C=O) groups is 1. The van der Waals surface area contributed by atoms with Gasteiger partial charge in [-0.15, -0.1) is 0 Å². The van der Waals surface area contributed by atoms with Crippen LogP contribution in [0.3, 0.4) is 0 Å². The van der Waals surface area contributed by atoms with E-state index in [1.165, 1.54) is 0 Å². The van der Waals surface area contributed by atoms with Crippen molar-refractivity contribution in [3.63, 3.8) is 0 Å². The van der Waals surface area contributed by atoms with Gasteiger partial charge in [-0.2, -0.15) is 0 Å². The highest BCUT2D eigenvalue weighted by molar-refractivity contribution is 6.30. The number of carbonyl (C=O) groups excluding carboxylic acids is 1. The molecule has 2 heterocycles. The summed E-state index contributed by atoms with van der Waals surface area (Å²) in [6.45, 7) is 6.83. The molecular formula is C16H20ClNO3. The van der Waals surface area contributed by atoms with Crippen LogP contribution in [0, 0.1) is 0 Å². The van der Waals surface area contributed by atoms with Crippen LogP contribution in [-0.2, 0) is 15.1 Å². The maximum absolute atomic E-state index is 12.1. The van der Waals surface area contributed by atoms with E-state index in [1.807, 2.05) is 45.0 Å². The molecule has 0 aromatic heterocycles. The molecule has 0 saturated carbocycles. The number of benzene rings is 1. The zero-order valence-corrected chi connectivity index (χ0v) is 13.3. The van der Waals surface area contributed by atoms with Gasteiger partial charge < -0.3 is 14.4 Å². The standard InChI is InChI=1S/C16H20ClNO3/c1-15(2,3)21-14(19)18-8-7-16(13(10-18)20-16)11-5-4-6-12(17)9-11/h4-6,9,13H,7-8,10H2,1-3H3/t13-,16+/m0/s1. The number of piperidine rings is 1. The fraction of sp³-hybridized carbons (Fsp3) is 0.562. The van der Waals surface area contributed by atoms with E-state index in [4.69, 9.17) is 21.1 Å². The molecule has 0 bridgehead atoms. The highest BCUT2D eigenvalue weighted by atomic mass is 35.5. The highest BCUT2D eigenvalue weighted by Crippen LogP contribution is 2.52. The molecule has 2 fully saturated rings. The average Bonchev–Trinajstić information content (AvgIpc) is 3.11. The van der Waals surface area contributed by atoms with Crippen molar-refractivity contribution in [1.82, 2.24) is 4.90 Å². The summed E-state index contributed by atoms with van der Waals surface area (Å²) in [7, 11) is 0. The molecule has 0 radical (unpaired) electrons. The lowest BCUT2D eigenvalue weighted by Gasteiger charge is -2.31. The largest absolute Gasteiger partial charge is 0.444 e. The Hall–Kier alpha value is -1.26. The minimum absolute atomic E-state index is 0.0391. The Kier molecular flexibility index (Phi) is 3.41. The molecule has 1 amide bonds. The first-order valence-corrected chi connectivity index (χ1v) is 7.60. The van der Waals surface area contributed by atoms with Gasteiger partial charge in [0, 0.05) is 18.0 Å². The molecule has 2 atom stereocenters. The van der Waals surface area contributed by atoms with Gasteiger partial charge in [-0.1, -0.05) is 23.7 Å². The first-order chi connectivity index (χ1) is 9.80. The van der Waals surface area contributed by atoms with Crippen molar-refractivity contribution in [2.75, 3.05) is 13.1 Å². The zero-order valence-electron chi connectivity index (χ0n) is 12.6. The molecule has 0 aliphatic carbocycles. The summed E-state index contributed by atoms with van der Waals surface area (Å²) in [5.41, 5.74) is 0.371. The van der Waals surface area contributed by atoms with Crippen LogP contribution in [-0.4, -0.2) is 35.8 Å². The Morgan fingerprint density at radius 2 is 2.24 bits per heavy atom. The maximum atomic E-state index is 12.1. The summed E-state index contributed by atoms with van der Waals surface area (Å²) in [5.74, 6) is 0. The van der Waals surface area contributed by atoms with Crippen LogP contribution in [0.1, 0.15) is 32.8 Å². The van der Waals surface area contributed by atoms with Gasteiger partial charge in [0.15, 0.2) is 0 Å². The lowest BCUT2D eigenvalue weighted by atomic mass is 9.89. The van der Waals surface area contributed by atoms with Crippen molar-refractivity contribution in [2.45, 2.75) is 44.5 Å². The van der Waals surface area contributed by atoms with Crippen molar-refractivity contribution in [3.05, 3.63) is 34.9 Å². The van der Waals surface area contributed by atoms with Crippen LogP contribution in [0.2, 0.25) is 5.02 Å². The molecule has 0 N–H and O–H groups in total. The number of rotatable bonds is 1. The third kappa shape index (κ3) is 2.87. The van der Waals surface area contributed by atoms with E-state index in [-0.39, 0.29) is 17.8 Å². The molecule has 21 heavy (non-hydrogen) atoms.